The van der Waals surface area contributed by atoms with E-state index in [0.29, 0.717) is 0 Å². The van der Waals surface area contributed by atoms with Crippen LogP contribution in [0.5, 0.6) is 0 Å². The van der Waals surface area contributed by atoms with Crippen molar-refractivity contribution in [2.75, 3.05) is 23.3 Å². The lowest BCUT2D eigenvalue weighted by atomic mass is 10.2. The van der Waals surface area contributed by atoms with Gasteiger partial charge in [0.15, 0.2) is 0 Å². The number of anilines is 3. The van der Waals surface area contributed by atoms with Crippen LogP contribution in [0.25, 0.3) is 0 Å². The molecular formula is C16H18N4O. The van der Waals surface area contributed by atoms with Crippen molar-refractivity contribution in [1.29, 1.82) is 0 Å². The van der Waals surface area contributed by atoms with E-state index in [1.54, 1.807) is 0 Å². The van der Waals surface area contributed by atoms with Gasteiger partial charge in [0.2, 0.25) is 5.91 Å². The number of carbonyl (C=O) groups is 1. The highest BCUT2D eigenvalue weighted by molar-refractivity contribution is 6.02. The Kier molecular flexibility index (Phi) is 3.83. The first-order valence-electron chi connectivity index (χ1n) is 7.10. The third-order valence-electron chi connectivity index (χ3n) is 3.44. The van der Waals surface area contributed by atoms with Crippen LogP contribution in [0.1, 0.15) is 12.5 Å². The van der Waals surface area contributed by atoms with E-state index >= 15 is 0 Å². The van der Waals surface area contributed by atoms with Crippen molar-refractivity contribution in [2.45, 2.75) is 13.5 Å². The molecule has 21 heavy (non-hydrogen) atoms. The minimum atomic E-state index is -0.0211. The zero-order valence-electron chi connectivity index (χ0n) is 12.0. The Morgan fingerprint density at radius 1 is 1.29 bits per heavy atom. The molecule has 0 radical (unpaired) electrons. The van der Waals surface area contributed by atoms with Crippen molar-refractivity contribution < 1.29 is 4.79 Å². The van der Waals surface area contributed by atoms with Crippen LogP contribution in [-0.2, 0) is 11.3 Å². The Bertz CT molecular complexity index is 639. The standard InChI is InChI=1S/C16H18N4O/c1-2-17-9-12-7-8-15(18-10-12)20-11-16(21)19-13-5-3-4-6-14(13)20/h3-8,10,17H,2,9,11H2,1H3,(H,19,21). The van der Waals surface area contributed by atoms with Crippen LogP contribution in [0.3, 0.4) is 0 Å². The SMILES string of the molecule is CCNCc1ccc(N2CC(=O)Nc3ccccc32)nc1. The highest BCUT2D eigenvalue weighted by Gasteiger charge is 2.23. The van der Waals surface area contributed by atoms with Crippen LogP contribution < -0.4 is 15.5 Å². The third kappa shape index (κ3) is 2.87. The van der Waals surface area contributed by atoms with Crippen molar-refractivity contribution in [2.24, 2.45) is 0 Å². The van der Waals surface area contributed by atoms with Crippen molar-refractivity contribution in [3.05, 3.63) is 48.2 Å². The van der Waals surface area contributed by atoms with Gasteiger partial charge < -0.3 is 15.5 Å². The molecule has 0 unspecified atom stereocenters. The molecule has 1 aromatic heterocycles. The Balaban J connectivity index is 1.88. The molecule has 1 aromatic carbocycles. The number of rotatable bonds is 4. The van der Waals surface area contributed by atoms with Crippen molar-refractivity contribution >= 4 is 23.1 Å². The summed E-state index contributed by atoms with van der Waals surface area (Å²) in [7, 11) is 0. The number of fused-ring (bicyclic) bond motifs is 1. The Morgan fingerprint density at radius 3 is 2.90 bits per heavy atom. The third-order valence-corrected chi connectivity index (χ3v) is 3.44. The predicted octanol–water partition coefficient (Wildman–Crippen LogP) is 2.28. The zero-order valence-corrected chi connectivity index (χ0v) is 12.0. The molecule has 0 bridgehead atoms. The molecule has 1 amide bonds. The maximum Gasteiger partial charge on any atom is 0.244 e. The van der Waals surface area contributed by atoms with Crippen LogP contribution in [0.15, 0.2) is 42.6 Å². The first kappa shape index (κ1) is 13.6. The van der Waals surface area contributed by atoms with Crippen molar-refractivity contribution in [3.8, 4) is 0 Å². The number of pyridine rings is 1. The lowest BCUT2D eigenvalue weighted by molar-refractivity contribution is -0.115. The number of benzene rings is 1. The van der Waals surface area contributed by atoms with Gasteiger partial charge in [0, 0.05) is 12.7 Å². The van der Waals surface area contributed by atoms with E-state index in [1.807, 2.05) is 47.5 Å². The van der Waals surface area contributed by atoms with E-state index in [2.05, 4.69) is 22.5 Å². The molecule has 2 heterocycles. The van der Waals surface area contributed by atoms with Gasteiger partial charge in [0.05, 0.1) is 11.4 Å². The Morgan fingerprint density at radius 2 is 2.14 bits per heavy atom. The monoisotopic (exact) mass is 282 g/mol. The number of hydrogen-bond donors (Lipinski definition) is 2. The van der Waals surface area contributed by atoms with Gasteiger partial charge in [0.25, 0.3) is 0 Å². The molecule has 0 aliphatic carbocycles. The summed E-state index contributed by atoms with van der Waals surface area (Å²) in [5.41, 5.74) is 2.94. The van der Waals surface area contributed by atoms with E-state index in [4.69, 9.17) is 0 Å². The Hall–Kier alpha value is -2.40. The van der Waals surface area contributed by atoms with Crippen LogP contribution in [0.2, 0.25) is 0 Å². The number of hydrogen-bond acceptors (Lipinski definition) is 4. The highest BCUT2D eigenvalue weighted by Crippen LogP contribution is 2.33. The molecule has 0 fully saturated rings. The number of nitrogens with one attached hydrogen (secondary N) is 2. The van der Waals surface area contributed by atoms with Gasteiger partial charge in [-0.15, -0.1) is 0 Å². The molecule has 0 spiro atoms. The van der Waals surface area contributed by atoms with Crippen LogP contribution >= 0.6 is 0 Å². The van der Waals surface area contributed by atoms with Gasteiger partial charge in [-0.1, -0.05) is 25.1 Å². The average molecular weight is 282 g/mol. The minimum absolute atomic E-state index is 0.0211. The normalized spacial score (nSPS) is 13.8. The summed E-state index contributed by atoms with van der Waals surface area (Å²) in [6.45, 7) is 4.10. The first-order chi connectivity index (χ1) is 10.3. The largest absolute Gasteiger partial charge is 0.323 e. The van der Waals surface area contributed by atoms with Crippen molar-refractivity contribution in [3.63, 3.8) is 0 Å². The number of aromatic nitrogens is 1. The molecule has 0 saturated carbocycles. The maximum atomic E-state index is 11.8. The summed E-state index contributed by atoms with van der Waals surface area (Å²) in [6, 6.07) is 11.8. The van der Waals surface area contributed by atoms with Crippen LogP contribution in [0, 0.1) is 0 Å². The molecule has 0 saturated heterocycles. The molecule has 5 heteroatoms. The van der Waals surface area contributed by atoms with Gasteiger partial charge in [-0.25, -0.2) is 4.98 Å². The number of para-hydroxylation sites is 2. The molecule has 3 rings (SSSR count). The summed E-state index contributed by atoms with van der Waals surface area (Å²) in [4.78, 5) is 18.3. The van der Waals surface area contributed by atoms with E-state index < -0.39 is 0 Å². The van der Waals surface area contributed by atoms with Gasteiger partial charge in [-0.05, 0) is 30.3 Å². The fourth-order valence-electron chi connectivity index (χ4n) is 2.39. The average Bonchev–Trinajstić information content (AvgIpc) is 2.52. The zero-order chi connectivity index (χ0) is 14.7. The predicted molar refractivity (Wildman–Crippen MR) is 83.7 cm³/mol. The topological polar surface area (TPSA) is 57.3 Å². The summed E-state index contributed by atoms with van der Waals surface area (Å²) in [5, 5.41) is 6.15. The number of carbonyl (C=O) groups excluding carboxylic acids is 1. The summed E-state index contributed by atoms with van der Waals surface area (Å²) < 4.78 is 0. The second-order valence-corrected chi connectivity index (χ2v) is 4.96. The number of amides is 1. The molecule has 2 aromatic rings. The van der Waals surface area contributed by atoms with E-state index in [-0.39, 0.29) is 12.5 Å². The molecule has 108 valence electrons. The van der Waals surface area contributed by atoms with E-state index in [1.165, 1.54) is 0 Å². The van der Waals surface area contributed by atoms with Gasteiger partial charge in [-0.3, -0.25) is 4.79 Å². The van der Waals surface area contributed by atoms with Crippen LogP contribution in [-0.4, -0.2) is 24.0 Å². The van der Waals surface area contributed by atoms with Gasteiger partial charge >= 0.3 is 0 Å². The fraction of sp³-hybridized carbons (Fsp3) is 0.250. The van der Waals surface area contributed by atoms with E-state index in [0.717, 1.165) is 35.8 Å². The summed E-state index contributed by atoms with van der Waals surface area (Å²) >= 11 is 0. The summed E-state index contributed by atoms with van der Waals surface area (Å²) in [6.07, 6.45) is 1.85. The minimum Gasteiger partial charge on any atom is -0.323 e. The maximum absolute atomic E-state index is 11.8. The van der Waals surface area contributed by atoms with Crippen molar-refractivity contribution in [1.82, 2.24) is 10.3 Å². The Labute approximate surface area is 124 Å². The first-order valence-corrected chi connectivity index (χ1v) is 7.10. The second-order valence-electron chi connectivity index (χ2n) is 4.96. The smallest absolute Gasteiger partial charge is 0.244 e. The summed E-state index contributed by atoms with van der Waals surface area (Å²) in [5.74, 6) is 0.768. The lowest BCUT2D eigenvalue weighted by Crippen LogP contribution is -2.35. The number of nitrogens with zero attached hydrogens (tertiary/aromatic N) is 2. The second kappa shape index (κ2) is 5.93. The van der Waals surface area contributed by atoms with Crippen LogP contribution in [0.4, 0.5) is 17.2 Å². The molecule has 5 nitrogen and oxygen atoms in total. The molecule has 2 N–H and O–H groups in total. The van der Waals surface area contributed by atoms with Gasteiger partial charge in [0.1, 0.15) is 12.4 Å². The van der Waals surface area contributed by atoms with Gasteiger partial charge in [-0.2, -0.15) is 0 Å². The molecule has 1 aliphatic rings. The fourth-order valence-corrected chi connectivity index (χ4v) is 2.39. The van der Waals surface area contributed by atoms with E-state index in [9.17, 15) is 4.79 Å². The molecule has 0 atom stereocenters. The molecular weight excluding hydrogens is 264 g/mol. The quantitative estimate of drug-likeness (QED) is 0.903. The highest BCUT2D eigenvalue weighted by atomic mass is 16.2. The molecule has 1 aliphatic heterocycles. The lowest BCUT2D eigenvalue weighted by Gasteiger charge is -2.30.